The highest BCUT2D eigenvalue weighted by Crippen LogP contribution is 2.53. The van der Waals surface area contributed by atoms with E-state index in [1.54, 1.807) is 0 Å². The predicted octanol–water partition coefficient (Wildman–Crippen LogP) is 8.79. The van der Waals surface area contributed by atoms with E-state index in [0.29, 0.717) is 11.5 Å². The topological polar surface area (TPSA) is 68.2 Å². The van der Waals surface area contributed by atoms with Crippen LogP contribution in [0.2, 0.25) is 0 Å². The molecule has 35 heavy (non-hydrogen) atoms. The van der Waals surface area contributed by atoms with E-state index < -0.39 is 17.2 Å². The average molecular weight is 523 g/mol. The third-order valence-corrected chi connectivity index (χ3v) is 7.60. The Morgan fingerprint density at radius 3 is 1.14 bits per heavy atom. The highest BCUT2D eigenvalue weighted by Gasteiger charge is 2.31. The Kier molecular flexibility index (Phi) is 9.12. The molecule has 0 saturated heterocycles. The fraction of sp³-hybridized carbons (Fsp3) is 0.571. The molecule has 0 fully saturated rings. The summed E-state index contributed by atoms with van der Waals surface area (Å²) in [4.78, 5) is 19.4. The van der Waals surface area contributed by atoms with Crippen molar-refractivity contribution in [3.8, 4) is 11.5 Å². The van der Waals surface area contributed by atoms with Crippen LogP contribution in [-0.4, -0.2) is 9.79 Å². The molecule has 0 aliphatic heterocycles. The van der Waals surface area contributed by atoms with E-state index >= 15 is 0 Å². The second-order valence-electron chi connectivity index (χ2n) is 13.2. The van der Waals surface area contributed by atoms with Gasteiger partial charge in [-0.05, 0) is 44.9 Å². The predicted molar refractivity (Wildman–Crippen MR) is 148 cm³/mol. The summed E-state index contributed by atoms with van der Waals surface area (Å²) in [6.07, 6.45) is 0. The van der Waals surface area contributed by atoms with Crippen molar-refractivity contribution in [2.45, 2.75) is 105 Å². The van der Waals surface area contributed by atoms with Gasteiger partial charge in [0.25, 0.3) is 0 Å². The first-order chi connectivity index (χ1) is 15.7. The van der Waals surface area contributed by atoms with Crippen molar-refractivity contribution in [2.75, 3.05) is 0 Å². The highest BCUT2D eigenvalue weighted by molar-refractivity contribution is 7.55. The zero-order valence-corrected chi connectivity index (χ0v) is 25.3. The Hall–Kier alpha value is -1.22. The summed E-state index contributed by atoms with van der Waals surface area (Å²) in [6, 6.07) is 12.2. The Bertz CT molecular complexity index is 928. The zero-order valence-electron chi connectivity index (χ0n) is 23.5. The van der Waals surface area contributed by atoms with Crippen LogP contribution in [0.5, 0.6) is 11.5 Å². The maximum atomic E-state index is 9.69. The first kappa shape index (κ1) is 30.0. The molecule has 0 saturated carbocycles. The number of benzene rings is 2. The van der Waals surface area contributed by atoms with Crippen molar-refractivity contribution in [2.24, 2.45) is 0 Å². The monoisotopic (exact) mass is 522 g/mol. The molecule has 2 aromatic carbocycles. The van der Waals surface area contributed by atoms with Gasteiger partial charge in [0.1, 0.15) is 11.5 Å². The number of rotatable bonds is 6. The Morgan fingerprint density at radius 2 is 0.886 bits per heavy atom. The van der Waals surface area contributed by atoms with Crippen LogP contribution in [-0.2, 0) is 26.0 Å². The first-order valence-corrected chi connectivity index (χ1v) is 14.3. The van der Waals surface area contributed by atoms with E-state index in [1.807, 2.05) is 24.3 Å². The van der Waals surface area contributed by atoms with Gasteiger partial charge in [0, 0.05) is 11.1 Å². The third kappa shape index (κ3) is 8.41. The van der Waals surface area contributed by atoms with Crippen molar-refractivity contribution in [1.29, 1.82) is 0 Å². The lowest BCUT2D eigenvalue weighted by molar-refractivity contribution is 0.329. The van der Waals surface area contributed by atoms with Crippen molar-refractivity contribution in [3.63, 3.8) is 0 Å². The molecule has 0 aliphatic rings. The van der Waals surface area contributed by atoms with Crippen molar-refractivity contribution < 1.29 is 23.1 Å². The SMILES string of the molecule is CC(C)(C)c1ccc(OP(Oc2ccc(C(C)(C)C)cc2C(C)(C)C)OP(O)O)c(C(C)(C)C)c1. The summed E-state index contributed by atoms with van der Waals surface area (Å²) in [6.45, 7) is 25.8. The molecule has 2 N–H and O–H groups in total. The molecule has 2 rings (SSSR count). The van der Waals surface area contributed by atoms with Gasteiger partial charge in [-0.15, -0.1) is 0 Å². The van der Waals surface area contributed by atoms with Gasteiger partial charge in [-0.3, -0.25) is 0 Å². The molecule has 0 aliphatic carbocycles. The standard InChI is InChI=1S/C28H44O5P2/c1-25(2,3)19-13-15-23(21(17-19)27(7,8)9)31-35(33-34(29)30)32-24-16-14-20(26(4,5)6)18-22(24)28(10,11)12/h13-18,29-30H,1-12H3. The maximum absolute atomic E-state index is 9.69. The van der Waals surface area contributed by atoms with Gasteiger partial charge in [-0.25, -0.2) is 4.31 Å². The summed E-state index contributed by atoms with van der Waals surface area (Å²) >= 11 is 0. The average Bonchev–Trinajstić information content (AvgIpc) is 2.64. The molecular weight excluding hydrogens is 478 g/mol. The molecule has 0 aromatic heterocycles. The second kappa shape index (κ2) is 10.6. The lowest BCUT2D eigenvalue weighted by Gasteiger charge is -2.30. The summed E-state index contributed by atoms with van der Waals surface area (Å²) in [5.74, 6) is 1.22. The first-order valence-electron chi connectivity index (χ1n) is 12.0. The van der Waals surface area contributed by atoms with Gasteiger partial charge < -0.3 is 18.8 Å². The molecule has 2 aromatic rings. The Morgan fingerprint density at radius 1 is 0.543 bits per heavy atom. The number of hydrogen-bond donors (Lipinski definition) is 2. The summed E-state index contributed by atoms with van der Waals surface area (Å²) in [7, 11) is -4.80. The van der Waals surface area contributed by atoms with Gasteiger partial charge in [0.2, 0.25) is 0 Å². The zero-order chi connectivity index (χ0) is 27.0. The van der Waals surface area contributed by atoms with Gasteiger partial charge in [-0.2, -0.15) is 0 Å². The van der Waals surface area contributed by atoms with E-state index in [-0.39, 0.29) is 21.7 Å². The van der Waals surface area contributed by atoms with Gasteiger partial charge in [0.15, 0.2) is 0 Å². The van der Waals surface area contributed by atoms with Crippen LogP contribution in [0.1, 0.15) is 105 Å². The molecule has 0 unspecified atom stereocenters. The van der Waals surface area contributed by atoms with Crippen LogP contribution in [0, 0.1) is 0 Å². The maximum Gasteiger partial charge on any atom is 0.470 e. The molecular formula is C28H44O5P2. The van der Waals surface area contributed by atoms with E-state index in [0.717, 1.165) is 11.1 Å². The Labute approximate surface area is 215 Å². The normalized spacial score (nSPS) is 13.5. The molecule has 0 amide bonds. The van der Waals surface area contributed by atoms with Crippen molar-refractivity contribution in [1.82, 2.24) is 0 Å². The highest BCUT2D eigenvalue weighted by atomic mass is 31.2. The fourth-order valence-corrected chi connectivity index (χ4v) is 5.02. The minimum Gasteiger partial charge on any atom is -0.417 e. The van der Waals surface area contributed by atoms with Crippen molar-refractivity contribution in [3.05, 3.63) is 58.7 Å². The smallest absolute Gasteiger partial charge is 0.417 e. The van der Waals surface area contributed by atoms with Crippen LogP contribution >= 0.6 is 17.2 Å². The van der Waals surface area contributed by atoms with Crippen LogP contribution in [0.15, 0.2) is 36.4 Å². The largest absolute Gasteiger partial charge is 0.470 e. The molecule has 5 nitrogen and oxygen atoms in total. The summed E-state index contributed by atoms with van der Waals surface area (Å²) < 4.78 is 17.9. The van der Waals surface area contributed by atoms with Gasteiger partial charge in [-0.1, -0.05) is 107 Å². The third-order valence-electron chi connectivity index (χ3n) is 5.79. The van der Waals surface area contributed by atoms with Crippen LogP contribution < -0.4 is 9.05 Å². The lowest BCUT2D eigenvalue weighted by atomic mass is 9.80. The van der Waals surface area contributed by atoms with Crippen LogP contribution in [0.3, 0.4) is 0 Å². The number of hydrogen-bond acceptors (Lipinski definition) is 5. The molecule has 0 spiro atoms. The minimum absolute atomic E-state index is 0.0167. The van der Waals surface area contributed by atoms with E-state index in [4.69, 9.17) is 13.4 Å². The van der Waals surface area contributed by atoms with Crippen LogP contribution in [0.25, 0.3) is 0 Å². The molecule has 0 atom stereocenters. The second-order valence-corrected chi connectivity index (χ2v) is 15.1. The minimum atomic E-state index is -2.68. The Balaban J connectivity index is 2.52. The molecule has 7 heteroatoms. The van der Waals surface area contributed by atoms with Crippen LogP contribution in [0.4, 0.5) is 0 Å². The molecule has 0 bridgehead atoms. The molecule has 0 heterocycles. The van der Waals surface area contributed by atoms with Gasteiger partial charge in [0.05, 0.1) is 0 Å². The summed E-state index contributed by atoms with van der Waals surface area (Å²) in [5, 5.41) is 0. The molecule has 0 radical (unpaired) electrons. The van der Waals surface area contributed by atoms with Gasteiger partial charge >= 0.3 is 17.2 Å². The summed E-state index contributed by atoms with van der Waals surface area (Å²) in [5.41, 5.74) is 3.96. The van der Waals surface area contributed by atoms with E-state index in [9.17, 15) is 9.79 Å². The quantitative estimate of drug-likeness (QED) is 0.371. The van der Waals surface area contributed by atoms with E-state index in [2.05, 4.69) is 95.2 Å². The van der Waals surface area contributed by atoms with Crippen molar-refractivity contribution >= 4 is 17.2 Å². The molecule has 196 valence electrons. The fourth-order valence-electron chi connectivity index (χ4n) is 3.60. The lowest BCUT2D eigenvalue weighted by Crippen LogP contribution is -2.18. The van der Waals surface area contributed by atoms with E-state index in [1.165, 1.54) is 11.1 Å².